The first kappa shape index (κ1) is 14.0. The molecule has 0 aliphatic rings. The Kier molecular flexibility index (Phi) is 3.93. The van der Waals surface area contributed by atoms with Gasteiger partial charge in [-0.3, -0.25) is 4.79 Å². The summed E-state index contributed by atoms with van der Waals surface area (Å²) in [6.45, 7) is 0.242. The average molecular weight is 287 g/mol. The number of pyridine rings is 1. The number of carbonyl (C=O) groups is 1. The minimum Gasteiger partial charge on any atom is -0.287 e. The summed E-state index contributed by atoms with van der Waals surface area (Å²) in [4.78, 5) is 12.4. The first-order valence-electron chi connectivity index (χ1n) is 7.15. The first-order chi connectivity index (χ1) is 10.8. The van der Waals surface area contributed by atoms with Crippen LogP contribution in [0.2, 0.25) is 0 Å². The zero-order valence-electron chi connectivity index (χ0n) is 12.1. The van der Waals surface area contributed by atoms with Crippen molar-refractivity contribution in [1.82, 2.24) is 0 Å². The van der Waals surface area contributed by atoms with Gasteiger partial charge in [0.15, 0.2) is 6.20 Å². The third-order valence-electron chi connectivity index (χ3n) is 3.71. The fourth-order valence-corrected chi connectivity index (χ4v) is 2.61. The van der Waals surface area contributed by atoms with Crippen LogP contribution >= 0.6 is 0 Å². The van der Waals surface area contributed by atoms with Gasteiger partial charge in [-0.05, 0) is 11.5 Å². The molecule has 0 aliphatic heterocycles. The molecule has 0 amide bonds. The van der Waals surface area contributed by atoms with Gasteiger partial charge in [-0.25, -0.2) is 0 Å². The second-order valence-electron chi connectivity index (χ2n) is 5.10. The van der Waals surface area contributed by atoms with Crippen LogP contribution in [0.3, 0.4) is 0 Å². The van der Waals surface area contributed by atoms with Gasteiger partial charge in [0.05, 0.1) is 11.5 Å². The van der Waals surface area contributed by atoms with Crippen molar-refractivity contribution < 1.29 is 9.36 Å². The highest BCUT2D eigenvalue weighted by Gasteiger charge is 2.18. The van der Waals surface area contributed by atoms with E-state index in [4.69, 9.17) is 5.26 Å². The summed E-state index contributed by atoms with van der Waals surface area (Å²) in [6, 6.07) is 21.3. The molecule has 0 unspecified atom stereocenters. The maximum Gasteiger partial charge on any atom is 0.227 e. The second-order valence-corrected chi connectivity index (χ2v) is 5.10. The number of ketones is 1. The summed E-state index contributed by atoms with van der Waals surface area (Å²) in [5.74, 6) is 0.0417. The molecule has 1 aromatic heterocycles. The molecule has 0 spiro atoms. The van der Waals surface area contributed by atoms with Gasteiger partial charge < -0.3 is 0 Å². The van der Waals surface area contributed by atoms with Crippen LogP contribution in [0.1, 0.15) is 16.1 Å². The molecule has 2 aromatic carbocycles. The van der Waals surface area contributed by atoms with E-state index in [9.17, 15) is 4.79 Å². The molecule has 0 bridgehead atoms. The molecular weight excluding hydrogens is 272 g/mol. The molecule has 1 heterocycles. The molecule has 0 fully saturated rings. The minimum atomic E-state index is 0.0417. The van der Waals surface area contributed by atoms with E-state index in [-0.39, 0.29) is 18.7 Å². The van der Waals surface area contributed by atoms with Crippen molar-refractivity contribution in [3.05, 3.63) is 78.1 Å². The lowest BCUT2D eigenvalue weighted by atomic mass is 10.1. The van der Waals surface area contributed by atoms with Gasteiger partial charge in [0.1, 0.15) is 6.42 Å². The largest absolute Gasteiger partial charge is 0.287 e. The molecule has 3 rings (SSSR count). The van der Waals surface area contributed by atoms with Crippen molar-refractivity contribution >= 4 is 16.6 Å². The van der Waals surface area contributed by atoms with Crippen LogP contribution in [0, 0.1) is 11.3 Å². The van der Waals surface area contributed by atoms with Crippen molar-refractivity contribution in [2.24, 2.45) is 0 Å². The Labute approximate surface area is 129 Å². The van der Waals surface area contributed by atoms with E-state index in [0.29, 0.717) is 5.56 Å². The highest BCUT2D eigenvalue weighted by Crippen LogP contribution is 2.16. The first-order valence-corrected chi connectivity index (χ1v) is 7.15. The lowest BCUT2D eigenvalue weighted by molar-refractivity contribution is -0.688. The average Bonchev–Trinajstić information content (AvgIpc) is 2.58. The number of rotatable bonds is 4. The van der Waals surface area contributed by atoms with Crippen LogP contribution in [-0.4, -0.2) is 5.78 Å². The van der Waals surface area contributed by atoms with Crippen molar-refractivity contribution in [2.45, 2.75) is 13.0 Å². The number of hydrogen-bond donors (Lipinski definition) is 0. The number of benzene rings is 2. The summed E-state index contributed by atoms with van der Waals surface area (Å²) in [5.41, 5.74) is 1.57. The summed E-state index contributed by atoms with van der Waals surface area (Å²) in [7, 11) is 0. The maximum atomic E-state index is 12.4. The van der Waals surface area contributed by atoms with Crippen molar-refractivity contribution in [3.8, 4) is 6.07 Å². The third kappa shape index (κ3) is 2.72. The Hall–Kier alpha value is -2.99. The molecule has 22 heavy (non-hydrogen) atoms. The van der Waals surface area contributed by atoms with E-state index in [1.54, 1.807) is 0 Å². The molecular formula is C19H15N2O+. The van der Waals surface area contributed by atoms with Gasteiger partial charge in [-0.2, -0.15) is 9.83 Å². The smallest absolute Gasteiger partial charge is 0.227 e. The Bertz CT molecular complexity index is 863. The fourth-order valence-electron chi connectivity index (χ4n) is 2.61. The predicted molar refractivity (Wildman–Crippen MR) is 84.2 cm³/mol. The number of aromatic nitrogens is 1. The number of hydrogen-bond acceptors (Lipinski definition) is 2. The van der Waals surface area contributed by atoms with Crippen LogP contribution in [-0.2, 0) is 13.0 Å². The summed E-state index contributed by atoms with van der Waals surface area (Å²) in [6.07, 6.45) is 2.17. The Balaban J connectivity index is 2.02. The zero-order valence-corrected chi connectivity index (χ0v) is 12.1. The van der Waals surface area contributed by atoms with Gasteiger partial charge in [0, 0.05) is 11.6 Å². The van der Waals surface area contributed by atoms with Gasteiger partial charge in [0.2, 0.25) is 18.0 Å². The Morgan fingerprint density at radius 1 is 1.00 bits per heavy atom. The quantitative estimate of drug-likeness (QED) is 0.547. The molecule has 0 radical (unpaired) electrons. The van der Waals surface area contributed by atoms with Crippen LogP contribution < -0.4 is 4.57 Å². The minimum absolute atomic E-state index is 0.0417. The molecule has 0 atom stereocenters. The Morgan fingerprint density at radius 2 is 1.73 bits per heavy atom. The van der Waals surface area contributed by atoms with Crippen LogP contribution in [0.4, 0.5) is 0 Å². The number of fused-ring (bicyclic) bond motifs is 1. The lowest BCUT2D eigenvalue weighted by Gasteiger charge is -2.05. The van der Waals surface area contributed by atoms with Crippen LogP contribution in [0.15, 0.2) is 66.9 Å². The maximum absolute atomic E-state index is 12.4. The van der Waals surface area contributed by atoms with Crippen molar-refractivity contribution in [3.63, 3.8) is 0 Å². The molecule has 0 N–H and O–H groups in total. The van der Waals surface area contributed by atoms with E-state index in [2.05, 4.69) is 6.07 Å². The highest BCUT2D eigenvalue weighted by atomic mass is 16.1. The number of nitriles is 1. The molecule has 0 saturated carbocycles. The van der Waals surface area contributed by atoms with Crippen LogP contribution in [0.5, 0.6) is 0 Å². The van der Waals surface area contributed by atoms with Gasteiger partial charge in [-0.15, -0.1) is 0 Å². The van der Waals surface area contributed by atoms with E-state index >= 15 is 0 Å². The van der Waals surface area contributed by atoms with E-state index in [0.717, 1.165) is 16.5 Å². The number of nitrogens with zero attached hydrogens (tertiary/aromatic N) is 2. The fraction of sp³-hybridized carbons (Fsp3) is 0.105. The topological polar surface area (TPSA) is 44.7 Å². The number of carbonyl (C=O) groups excluding carboxylic acids is 1. The van der Waals surface area contributed by atoms with Gasteiger partial charge in [-0.1, -0.05) is 48.5 Å². The van der Waals surface area contributed by atoms with Crippen LogP contribution in [0.25, 0.3) is 10.8 Å². The van der Waals surface area contributed by atoms with E-state index < -0.39 is 0 Å². The SMILES string of the molecule is N#CCc1c2ccccc2cc[n+]1CC(=O)c1ccccc1. The standard InChI is InChI=1S/C19H15N2O/c20-12-10-18-17-9-5-4-6-15(17)11-13-21(18)14-19(22)16-7-2-1-3-8-16/h1-9,11,13H,10,14H2/q+1. The van der Waals surface area contributed by atoms with E-state index in [1.165, 1.54) is 0 Å². The molecule has 3 heteroatoms. The lowest BCUT2D eigenvalue weighted by Crippen LogP contribution is -2.41. The molecule has 3 aromatic rings. The normalized spacial score (nSPS) is 10.3. The van der Waals surface area contributed by atoms with Gasteiger partial charge in [0.25, 0.3) is 0 Å². The molecule has 3 nitrogen and oxygen atoms in total. The summed E-state index contributed by atoms with van der Waals surface area (Å²) in [5, 5.41) is 11.2. The number of Topliss-reactive ketones (excluding diaryl/α,β-unsaturated/α-hetero) is 1. The third-order valence-corrected chi connectivity index (χ3v) is 3.71. The summed E-state index contributed by atoms with van der Waals surface area (Å²) >= 11 is 0. The molecule has 0 saturated heterocycles. The zero-order chi connectivity index (χ0) is 15.4. The molecule has 106 valence electrons. The van der Waals surface area contributed by atoms with Crippen molar-refractivity contribution in [1.29, 1.82) is 5.26 Å². The Morgan fingerprint density at radius 3 is 2.50 bits per heavy atom. The predicted octanol–water partition coefficient (Wildman–Crippen LogP) is 3.08. The van der Waals surface area contributed by atoms with Gasteiger partial charge >= 0.3 is 0 Å². The van der Waals surface area contributed by atoms with Crippen molar-refractivity contribution in [2.75, 3.05) is 0 Å². The second kappa shape index (κ2) is 6.19. The monoisotopic (exact) mass is 287 g/mol. The molecule has 0 aliphatic carbocycles. The summed E-state index contributed by atoms with van der Waals surface area (Å²) < 4.78 is 1.88. The highest BCUT2D eigenvalue weighted by molar-refractivity contribution is 5.95. The van der Waals surface area contributed by atoms with E-state index in [1.807, 2.05) is 71.4 Å².